The van der Waals surface area contributed by atoms with Crippen molar-refractivity contribution in [1.82, 2.24) is 5.32 Å². The lowest BCUT2D eigenvalue weighted by Gasteiger charge is -2.48. The highest BCUT2D eigenvalue weighted by atomic mass is 35.5. The zero-order chi connectivity index (χ0) is 24.1. The van der Waals surface area contributed by atoms with Crippen LogP contribution in [0.1, 0.15) is 54.4 Å². The summed E-state index contributed by atoms with van der Waals surface area (Å²) in [5, 5.41) is 3.51. The Labute approximate surface area is 201 Å². The monoisotopic (exact) mass is 485 g/mol. The van der Waals surface area contributed by atoms with Crippen LogP contribution >= 0.6 is 11.6 Å². The second-order valence-electron chi connectivity index (χ2n) is 9.90. The summed E-state index contributed by atoms with van der Waals surface area (Å²) in [4.78, 5) is 37.9. The van der Waals surface area contributed by atoms with E-state index in [4.69, 9.17) is 21.1 Å². The van der Waals surface area contributed by atoms with Gasteiger partial charge in [-0.05, 0) is 67.9 Å². The van der Waals surface area contributed by atoms with E-state index in [0.717, 1.165) is 12.8 Å². The lowest BCUT2D eigenvalue weighted by atomic mass is 9.62. The zero-order valence-electron chi connectivity index (χ0n) is 18.8. The van der Waals surface area contributed by atoms with Gasteiger partial charge >= 0.3 is 0 Å². The van der Waals surface area contributed by atoms with Crippen LogP contribution in [0.25, 0.3) is 0 Å². The number of ether oxygens (including phenoxy) is 2. The highest BCUT2D eigenvalue weighted by molar-refractivity contribution is 6.31. The lowest BCUT2D eigenvalue weighted by Crippen LogP contribution is -2.57. The third-order valence-corrected chi connectivity index (χ3v) is 7.50. The van der Waals surface area contributed by atoms with Crippen molar-refractivity contribution < 1.29 is 28.2 Å². The summed E-state index contributed by atoms with van der Waals surface area (Å²) in [7, 11) is 0. The van der Waals surface area contributed by atoms with Crippen molar-refractivity contribution in [2.75, 3.05) is 6.61 Å². The summed E-state index contributed by atoms with van der Waals surface area (Å²) in [6, 6.07) is 9.33. The number of benzene rings is 2. The van der Waals surface area contributed by atoms with Crippen molar-refractivity contribution in [3.05, 3.63) is 58.4 Å². The van der Waals surface area contributed by atoms with Gasteiger partial charge in [0.1, 0.15) is 17.3 Å². The Morgan fingerprint density at radius 3 is 2.76 bits per heavy atom. The Balaban J connectivity index is 1.13. The second-order valence-corrected chi connectivity index (χ2v) is 10.3. The molecule has 0 spiro atoms. The van der Waals surface area contributed by atoms with Crippen LogP contribution in [0.5, 0.6) is 11.5 Å². The van der Waals surface area contributed by atoms with Crippen molar-refractivity contribution in [2.24, 2.45) is 5.41 Å². The van der Waals surface area contributed by atoms with Crippen LogP contribution in [0, 0.1) is 18.2 Å². The topological polar surface area (TPSA) is 81.7 Å². The van der Waals surface area contributed by atoms with Gasteiger partial charge in [-0.2, -0.15) is 0 Å². The van der Waals surface area contributed by atoms with Crippen molar-refractivity contribution in [3.63, 3.8) is 0 Å². The van der Waals surface area contributed by atoms with E-state index in [2.05, 4.69) is 5.32 Å². The van der Waals surface area contributed by atoms with Gasteiger partial charge in [0.2, 0.25) is 0 Å². The van der Waals surface area contributed by atoms with Gasteiger partial charge in [0, 0.05) is 23.0 Å². The predicted molar refractivity (Wildman–Crippen MR) is 123 cm³/mol. The van der Waals surface area contributed by atoms with Crippen LogP contribution in [0.2, 0.25) is 5.02 Å². The Morgan fingerprint density at radius 2 is 2.00 bits per heavy atom. The first-order valence-electron chi connectivity index (χ1n) is 11.4. The fourth-order valence-corrected chi connectivity index (χ4v) is 5.88. The Kier molecular flexibility index (Phi) is 5.63. The lowest BCUT2D eigenvalue weighted by molar-refractivity contribution is -0.131. The SMILES string of the molecule is Cc1ccc(OCC(=O)NC23CCC(CC(=O)C4CC(=O)c5cc(Cl)ccc5O4)(C2)C3)cc1F. The molecule has 6 nitrogen and oxygen atoms in total. The molecule has 1 unspecified atom stereocenters. The number of carbonyl (C=O) groups excluding carboxylic acids is 3. The van der Waals surface area contributed by atoms with E-state index in [1.54, 1.807) is 37.3 Å². The van der Waals surface area contributed by atoms with Crippen LogP contribution < -0.4 is 14.8 Å². The molecular formula is C26H25ClFNO5. The molecule has 0 radical (unpaired) electrons. The molecule has 1 atom stereocenters. The molecule has 34 heavy (non-hydrogen) atoms. The number of aryl methyl sites for hydroxylation is 1. The number of nitrogens with one attached hydrogen (secondary N) is 1. The molecule has 2 aromatic carbocycles. The van der Waals surface area contributed by atoms with Gasteiger partial charge < -0.3 is 14.8 Å². The molecule has 3 fully saturated rings. The number of halogens is 2. The van der Waals surface area contributed by atoms with Crippen molar-refractivity contribution in [1.29, 1.82) is 0 Å². The Hall–Kier alpha value is -2.93. The second kappa shape index (κ2) is 8.38. The van der Waals surface area contributed by atoms with Crippen LogP contribution in [-0.2, 0) is 9.59 Å². The molecule has 2 aromatic rings. The molecule has 0 saturated heterocycles. The minimum absolute atomic E-state index is 0.0150. The van der Waals surface area contributed by atoms with Crippen LogP contribution in [0.15, 0.2) is 36.4 Å². The van der Waals surface area contributed by atoms with Crippen molar-refractivity contribution in [2.45, 2.75) is 57.1 Å². The highest BCUT2D eigenvalue weighted by Crippen LogP contribution is 2.63. The number of hydrogen-bond acceptors (Lipinski definition) is 5. The minimum Gasteiger partial charge on any atom is -0.484 e. The highest BCUT2D eigenvalue weighted by Gasteiger charge is 2.62. The van der Waals surface area contributed by atoms with Gasteiger partial charge in [0.05, 0.1) is 12.0 Å². The van der Waals surface area contributed by atoms with E-state index in [9.17, 15) is 18.8 Å². The standard InChI is InChI=1S/C26H25ClFNO5/c1-15-2-4-17(9-19(15)28)33-12-24(32)29-26-7-6-25(13-26,14-26)11-21(31)23-10-20(30)18-8-16(27)3-5-22(18)34-23/h2-5,8-9,23H,6-7,10-14H2,1H3,(H,29,32). The van der Waals surface area contributed by atoms with Crippen LogP contribution in [0.4, 0.5) is 4.39 Å². The fourth-order valence-electron chi connectivity index (χ4n) is 5.71. The van der Waals surface area contributed by atoms with Crippen molar-refractivity contribution >= 4 is 29.1 Å². The van der Waals surface area contributed by atoms with Gasteiger partial charge in [0.25, 0.3) is 5.91 Å². The molecule has 1 aliphatic heterocycles. The predicted octanol–water partition coefficient (Wildman–Crippen LogP) is 4.59. The maximum absolute atomic E-state index is 13.6. The summed E-state index contributed by atoms with van der Waals surface area (Å²) in [6.45, 7) is 1.46. The smallest absolute Gasteiger partial charge is 0.258 e. The molecule has 1 N–H and O–H groups in total. The quantitative estimate of drug-likeness (QED) is 0.620. The van der Waals surface area contributed by atoms with E-state index in [-0.39, 0.29) is 47.3 Å². The van der Waals surface area contributed by atoms with E-state index in [0.29, 0.717) is 46.9 Å². The molecule has 1 amide bonds. The molecule has 0 aromatic heterocycles. The molecule has 6 rings (SSSR count). The van der Waals surface area contributed by atoms with Gasteiger partial charge in [-0.1, -0.05) is 17.7 Å². The average Bonchev–Trinajstić information content (AvgIpc) is 3.29. The molecular weight excluding hydrogens is 461 g/mol. The summed E-state index contributed by atoms with van der Waals surface area (Å²) in [5.41, 5.74) is 0.430. The number of carbonyl (C=O) groups is 3. The van der Waals surface area contributed by atoms with Gasteiger partial charge in [0.15, 0.2) is 24.3 Å². The molecule has 2 bridgehead atoms. The third kappa shape index (κ3) is 4.29. The first kappa shape index (κ1) is 22.8. The minimum atomic E-state index is -0.788. The number of hydrogen-bond donors (Lipinski definition) is 1. The Bertz CT molecular complexity index is 1190. The number of fused-ring (bicyclic) bond motifs is 2. The van der Waals surface area contributed by atoms with E-state index in [1.807, 2.05) is 0 Å². The van der Waals surface area contributed by atoms with E-state index >= 15 is 0 Å². The fraction of sp³-hybridized carbons (Fsp3) is 0.423. The third-order valence-electron chi connectivity index (χ3n) is 7.27. The number of amides is 1. The number of rotatable bonds is 7. The molecule has 4 aliphatic rings. The summed E-state index contributed by atoms with van der Waals surface area (Å²) < 4.78 is 24.9. The summed E-state index contributed by atoms with van der Waals surface area (Å²) in [5.74, 6) is -0.167. The van der Waals surface area contributed by atoms with Gasteiger partial charge in [-0.3, -0.25) is 14.4 Å². The number of ketones is 2. The number of Topliss-reactive ketones (excluding diaryl/α,β-unsaturated/α-hetero) is 2. The first-order chi connectivity index (χ1) is 16.2. The molecule has 1 heterocycles. The average molecular weight is 486 g/mol. The van der Waals surface area contributed by atoms with Gasteiger partial charge in [-0.15, -0.1) is 0 Å². The molecule has 178 valence electrons. The maximum Gasteiger partial charge on any atom is 0.258 e. The van der Waals surface area contributed by atoms with Gasteiger partial charge in [-0.25, -0.2) is 4.39 Å². The zero-order valence-corrected chi connectivity index (χ0v) is 19.5. The molecule has 8 heteroatoms. The van der Waals surface area contributed by atoms with Crippen molar-refractivity contribution in [3.8, 4) is 11.5 Å². The summed E-state index contributed by atoms with van der Waals surface area (Å²) in [6.07, 6.45) is 2.59. The van der Waals surface area contributed by atoms with Crippen LogP contribution in [0.3, 0.4) is 0 Å². The maximum atomic E-state index is 13.6. The van der Waals surface area contributed by atoms with E-state index in [1.165, 1.54) is 6.07 Å². The normalized spacial score (nSPS) is 26.8. The molecule has 3 saturated carbocycles. The largest absolute Gasteiger partial charge is 0.484 e. The molecule has 3 aliphatic carbocycles. The van der Waals surface area contributed by atoms with Crippen LogP contribution in [-0.4, -0.2) is 35.7 Å². The first-order valence-corrected chi connectivity index (χ1v) is 11.8. The Morgan fingerprint density at radius 1 is 1.21 bits per heavy atom. The van der Waals surface area contributed by atoms with E-state index < -0.39 is 6.10 Å². The summed E-state index contributed by atoms with van der Waals surface area (Å²) >= 11 is 5.96.